The number of allylic oxidation sites excluding steroid dienone is 6. The van der Waals surface area contributed by atoms with E-state index in [0.717, 1.165) is 0 Å². The molecule has 55 heavy (non-hydrogen) atoms. The van der Waals surface area contributed by atoms with E-state index < -0.39 is 0 Å². The van der Waals surface area contributed by atoms with Crippen molar-refractivity contribution in [1.82, 2.24) is 10.0 Å². The maximum atomic E-state index is 2.73. The van der Waals surface area contributed by atoms with Gasteiger partial charge in [0.05, 0.1) is 0 Å². The van der Waals surface area contributed by atoms with Gasteiger partial charge >= 0.3 is 0 Å². The van der Waals surface area contributed by atoms with Gasteiger partial charge in [0.25, 0.3) is 0 Å². The fraction of sp³-hybridized carbons (Fsp3) is 0.887. The van der Waals surface area contributed by atoms with E-state index in [1.165, 1.54) is 276 Å². The first kappa shape index (κ1) is 54.1. The summed E-state index contributed by atoms with van der Waals surface area (Å²) >= 11 is 0. The first-order chi connectivity index (χ1) is 27.3. The Morgan fingerprint density at radius 3 is 0.691 bits per heavy atom. The fourth-order valence-corrected chi connectivity index (χ4v) is 7.91. The largest absolute Gasteiger partial charge is 0.245 e. The van der Waals surface area contributed by atoms with E-state index in [1.807, 2.05) is 0 Å². The Kier molecular flexibility index (Phi) is 48.5. The van der Waals surface area contributed by atoms with Crippen LogP contribution in [0.2, 0.25) is 0 Å². The Labute approximate surface area is 349 Å². The number of unbranched alkanes of at least 4 members (excludes halogenated alkanes) is 34. The summed E-state index contributed by atoms with van der Waals surface area (Å²) in [5, 5.41) is 5.34. The lowest BCUT2D eigenvalue weighted by Crippen LogP contribution is -2.41. The molecule has 0 aromatic rings. The van der Waals surface area contributed by atoms with Crippen LogP contribution in [-0.4, -0.2) is 36.7 Å². The Bertz CT molecular complexity index is 768. The molecule has 0 unspecified atom stereocenters. The maximum Gasteiger partial charge on any atom is 0.0133 e. The van der Waals surface area contributed by atoms with Crippen LogP contribution in [0.15, 0.2) is 36.5 Å². The van der Waals surface area contributed by atoms with Gasteiger partial charge in [-0.1, -0.05) is 218 Å². The van der Waals surface area contributed by atoms with Crippen molar-refractivity contribution in [1.29, 1.82) is 0 Å². The predicted molar refractivity (Wildman–Crippen MR) is 253 cm³/mol. The molecule has 0 fully saturated rings. The minimum absolute atomic E-state index is 1.23. The molecule has 0 saturated heterocycles. The molecule has 0 radical (unpaired) electrons. The summed E-state index contributed by atoms with van der Waals surface area (Å²) in [5.41, 5.74) is 0. The van der Waals surface area contributed by atoms with E-state index in [2.05, 4.69) is 74.3 Å². The van der Waals surface area contributed by atoms with Crippen LogP contribution < -0.4 is 0 Å². The monoisotopic (exact) mass is 769 g/mol. The quantitative estimate of drug-likeness (QED) is 0.0346. The van der Waals surface area contributed by atoms with Crippen LogP contribution in [0.1, 0.15) is 278 Å². The van der Waals surface area contributed by atoms with Crippen molar-refractivity contribution < 1.29 is 0 Å². The zero-order valence-corrected chi connectivity index (χ0v) is 38.8. The third-order valence-electron chi connectivity index (χ3n) is 11.8. The molecule has 0 aliphatic carbocycles. The first-order valence-electron chi connectivity index (χ1n) is 25.7. The van der Waals surface area contributed by atoms with Crippen molar-refractivity contribution in [3.05, 3.63) is 36.5 Å². The predicted octanol–water partition coefficient (Wildman–Crippen LogP) is 18.5. The van der Waals surface area contributed by atoms with E-state index >= 15 is 0 Å². The molecular formula is C53H104N2. The van der Waals surface area contributed by atoms with Crippen molar-refractivity contribution in [3.63, 3.8) is 0 Å². The summed E-state index contributed by atoms with van der Waals surface area (Å²) in [7, 11) is 2.38. The summed E-state index contributed by atoms with van der Waals surface area (Å²) < 4.78 is 0. The molecule has 2 nitrogen and oxygen atoms in total. The number of rotatable bonds is 47. The minimum atomic E-state index is 1.23. The van der Waals surface area contributed by atoms with Gasteiger partial charge in [-0.2, -0.15) is 0 Å². The summed E-state index contributed by atoms with van der Waals surface area (Å²) in [6.45, 7) is 10.7. The highest BCUT2D eigenvalue weighted by Gasteiger charge is 2.10. The summed E-state index contributed by atoms with van der Waals surface area (Å²) in [6, 6.07) is 0. The zero-order valence-electron chi connectivity index (χ0n) is 38.8. The second kappa shape index (κ2) is 49.3. The van der Waals surface area contributed by atoms with Crippen LogP contribution in [0.3, 0.4) is 0 Å². The molecule has 326 valence electrons. The molecular weight excluding hydrogens is 665 g/mol. The Morgan fingerprint density at radius 1 is 0.236 bits per heavy atom. The highest BCUT2D eigenvalue weighted by atomic mass is 15.6. The minimum Gasteiger partial charge on any atom is -0.245 e. The van der Waals surface area contributed by atoms with Gasteiger partial charge in [0.15, 0.2) is 0 Å². The standard InChI is InChI=1S/C53H104N2/c1-5-8-11-14-17-20-23-26-29-31-33-36-39-42-45-48-51-54(4)55(52-49-46-43-40-37-34-28-25-22-19-16-13-10-7-3)53-50-47-44-41-38-35-32-30-27-24-21-18-15-12-9-6-2/h25-30H,5-24,31-53H2,1-4H3/b28-25-,29-26-,30-27-. The fourth-order valence-electron chi connectivity index (χ4n) is 7.91. The second-order valence-electron chi connectivity index (χ2n) is 17.4. The molecule has 0 spiro atoms. The smallest absolute Gasteiger partial charge is 0.0133 e. The molecule has 0 N–H and O–H groups in total. The van der Waals surface area contributed by atoms with Crippen molar-refractivity contribution in [2.24, 2.45) is 0 Å². The van der Waals surface area contributed by atoms with Crippen molar-refractivity contribution in [3.8, 4) is 0 Å². The highest BCUT2D eigenvalue weighted by molar-refractivity contribution is 4.82. The number of hydrogen-bond acceptors (Lipinski definition) is 2. The Balaban J connectivity index is 4.17. The summed E-state index contributed by atoms with van der Waals surface area (Å²) in [4.78, 5) is 0. The lowest BCUT2D eigenvalue weighted by Gasteiger charge is -2.32. The van der Waals surface area contributed by atoms with Crippen LogP contribution in [-0.2, 0) is 0 Å². The van der Waals surface area contributed by atoms with Crippen molar-refractivity contribution in [2.45, 2.75) is 278 Å². The third kappa shape index (κ3) is 45.7. The maximum absolute atomic E-state index is 2.73. The topological polar surface area (TPSA) is 6.48 Å². The lowest BCUT2D eigenvalue weighted by atomic mass is 10.1. The molecule has 0 aromatic heterocycles. The Morgan fingerprint density at radius 2 is 0.436 bits per heavy atom. The van der Waals surface area contributed by atoms with E-state index in [9.17, 15) is 0 Å². The molecule has 0 rings (SSSR count). The van der Waals surface area contributed by atoms with Gasteiger partial charge < -0.3 is 0 Å². The van der Waals surface area contributed by atoms with Gasteiger partial charge in [-0.15, -0.1) is 0 Å². The second-order valence-corrected chi connectivity index (χ2v) is 17.4. The molecule has 0 saturated carbocycles. The van der Waals surface area contributed by atoms with E-state index in [4.69, 9.17) is 0 Å². The molecule has 0 atom stereocenters. The van der Waals surface area contributed by atoms with Crippen molar-refractivity contribution in [2.75, 3.05) is 26.7 Å². The third-order valence-corrected chi connectivity index (χ3v) is 11.8. The van der Waals surface area contributed by atoms with Crippen LogP contribution in [0, 0.1) is 0 Å². The zero-order chi connectivity index (χ0) is 39.8. The van der Waals surface area contributed by atoms with E-state index in [0.29, 0.717) is 0 Å². The van der Waals surface area contributed by atoms with Crippen LogP contribution in [0.5, 0.6) is 0 Å². The summed E-state index contributed by atoms with van der Waals surface area (Å²) in [6.07, 6.45) is 70.1. The van der Waals surface area contributed by atoms with Gasteiger partial charge in [-0.3, -0.25) is 0 Å². The molecule has 0 aromatic carbocycles. The average Bonchev–Trinajstić information content (AvgIpc) is 3.19. The number of hydrazine groups is 1. The normalized spacial score (nSPS) is 12.3. The molecule has 0 amide bonds. The first-order valence-corrected chi connectivity index (χ1v) is 25.7. The molecule has 2 heteroatoms. The van der Waals surface area contributed by atoms with Gasteiger partial charge in [0, 0.05) is 26.7 Å². The van der Waals surface area contributed by atoms with Crippen LogP contribution in [0.4, 0.5) is 0 Å². The van der Waals surface area contributed by atoms with Crippen molar-refractivity contribution >= 4 is 0 Å². The van der Waals surface area contributed by atoms with Crippen LogP contribution >= 0.6 is 0 Å². The lowest BCUT2D eigenvalue weighted by molar-refractivity contribution is -0.00498. The van der Waals surface area contributed by atoms with Gasteiger partial charge in [-0.05, 0) is 96.3 Å². The molecule has 0 aliphatic rings. The number of hydrogen-bond donors (Lipinski definition) is 0. The van der Waals surface area contributed by atoms with Gasteiger partial charge in [0.2, 0.25) is 0 Å². The van der Waals surface area contributed by atoms with E-state index in [-0.39, 0.29) is 0 Å². The average molecular weight is 769 g/mol. The number of nitrogens with zero attached hydrogens (tertiary/aromatic N) is 2. The molecule has 0 heterocycles. The van der Waals surface area contributed by atoms with Gasteiger partial charge in [0.1, 0.15) is 0 Å². The highest BCUT2D eigenvalue weighted by Crippen LogP contribution is 2.15. The van der Waals surface area contributed by atoms with Gasteiger partial charge in [-0.25, -0.2) is 10.0 Å². The molecule has 0 bridgehead atoms. The molecule has 0 aliphatic heterocycles. The SMILES string of the molecule is CCCCCCC/C=C\CCCCCCCN(CCCCCCCC/C=C\CCCCCCCC)N(C)CCCCCCCC/C=C\CCCCCCCC. The van der Waals surface area contributed by atoms with E-state index in [1.54, 1.807) is 0 Å². The van der Waals surface area contributed by atoms with Crippen LogP contribution in [0.25, 0.3) is 0 Å². The summed E-state index contributed by atoms with van der Waals surface area (Å²) in [5.74, 6) is 0. The Hall–Kier alpha value is -0.860.